The van der Waals surface area contributed by atoms with Gasteiger partial charge in [0, 0.05) is 39.3 Å². The van der Waals surface area contributed by atoms with Crippen LogP contribution in [0, 0.1) is 11.3 Å². The molecule has 1 aliphatic carbocycles. The van der Waals surface area contributed by atoms with Gasteiger partial charge in [-0.15, -0.1) is 0 Å². The van der Waals surface area contributed by atoms with Crippen molar-refractivity contribution in [2.75, 3.05) is 39.3 Å². The van der Waals surface area contributed by atoms with Crippen LogP contribution in [0.2, 0.25) is 0 Å². The molecule has 2 saturated heterocycles. The van der Waals surface area contributed by atoms with E-state index in [1.165, 1.54) is 24.8 Å². The number of carbonyl (C=O) groups is 1. The Morgan fingerprint density at radius 2 is 1.96 bits per heavy atom. The topological polar surface area (TPSA) is 35.6 Å². The number of fused-ring (bicyclic) bond motifs is 1. The SMILES string of the molecule is O=C(N1CCCN(Cc2ccccc2)CC1)[C@@]12CCCC[C@H]1CNC2. The van der Waals surface area contributed by atoms with Gasteiger partial charge in [-0.3, -0.25) is 9.69 Å². The number of hydrogen-bond acceptors (Lipinski definition) is 3. The molecule has 3 fully saturated rings. The molecular weight excluding hydrogens is 310 g/mol. The van der Waals surface area contributed by atoms with E-state index in [0.29, 0.717) is 11.8 Å². The quantitative estimate of drug-likeness (QED) is 0.917. The zero-order valence-electron chi connectivity index (χ0n) is 15.3. The van der Waals surface area contributed by atoms with Crippen LogP contribution in [0.25, 0.3) is 0 Å². The molecule has 4 heteroatoms. The van der Waals surface area contributed by atoms with Gasteiger partial charge in [-0.2, -0.15) is 0 Å². The van der Waals surface area contributed by atoms with Gasteiger partial charge in [-0.25, -0.2) is 0 Å². The van der Waals surface area contributed by atoms with Gasteiger partial charge in [-0.05, 0) is 37.3 Å². The van der Waals surface area contributed by atoms with Crippen LogP contribution in [-0.2, 0) is 11.3 Å². The van der Waals surface area contributed by atoms with Gasteiger partial charge >= 0.3 is 0 Å². The maximum Gasteiger partial charge on any atom is 0.230 e. The molecule has 2 atom stereocenters. The first-order valence-corrected chi connectivity index (χ1v) is 10.0. The average molecular weight is 341 g/mol. The van der Waals surface area contributed by atoms with E-state index in [9.17, 15) is 4.79 Å². The van der Waals surface area contributed by atoms with Crippen LogP contribution in [0.1, 0.15) is 37.7 Å². The minimum absolute atomic E-state index is 0.0904. The Balaban J connectivity index is 1.39. The number of hydrogen-bond donors (Lipinski definition) is 1. The molecule has 0 spiro atoms. The fourth-order valence-corrected chi connectivity index (χ4v) is 5.16. The van der Waals surface area contributed by atoms with Gasteiger partial charge in [0.25, 0.3) is 0 Å². The lowest BCUT2D eigenvalue weighted by molar-refractivity contribution is -0.145. The smallest absolute Gasteiger partial charge is 0.230 e. The molecule has 1 N–H and O–H groups in total. The van der Waals surface area contributed by atoms with Crippen molar-refractivity contribution in [3.63, 3.8) is 0 Å². The van der Waals surface area contributed by atoms with E-state index in [2.05, 4.69) is 45.4 Å². The first-order valence-electron chi connectivity index (χ1n) is 10.0. The van der Waals surface area contributed by atoms with Crippen LogP contribution in [0.4, 0.5) is 0 Å². The Kier molecular flexibility index (Phi) is 5.09. The molecule has 2 aliphatic heterocycles. The van der Waals surface area contributed by atoms with Crippen LogP contribution in [0.15, 0.2) is 30.3 Å². The Morgan fingerprint density at radius 3 is 2.84 bits per heavy atom. The highest BCUT2D eigenvalue weighted by Crippen LogP contribution is 2.45. The van der Waals surface area contributed by atoms with Gasteiger partial charge < -0.3 is 10.2 Å². The minimum Gasteiger partial charge on any atom is -0.341 e. The summed E-state index contributed by atoms with van der Waals surface area (Å²) in [5, 5.41) is 3.52. The molecule has 0 bridgehead atoms. The summed E-state index contributed by atoms with van der Waals surface area (Å²) in [4.78, 5) is 18.1. The molecule has 0 unspecified atom stereocenters. The molecule has 3 aliphatic rings. The van der Waals surface area contributed by atoms with E-state index < -0.39 is 0 Å². The largest absolute Gasteiger partial charge is 0.341 e. The monoisotopic (exact) mass is 341 g/mol. The van der Waals surface area contributed by atoms with E-state index in [4.69, 9.17) is 0 Å². The fourth-order valence-electron chi connectivity index (χ4n) is 5.16. The molecule has 2 heterocycles. The Hall–Kier alpha value is -1.39. The molecule has 136 valence electrons. The van der Waals surface area contributed by atoms with Gasteiger partial charge in [0.1, 0.15) is 0 Å². The second kappa shape index (κ2) is 7.46. The molecule has 25 heavy (non-hydrogen) atoms. The summed E-state index contributed by atoms with van der Waals surface area (Å²) in [5.41, 5.74) is 1.28. The van der Waals surface area contributed by atoms with Crippen LogP contribution in [0.5, 0.6) is 0 Å². The maximum atomic E-state index is 13.4. The van der Waals surface area contributed by atoms with Crippen LogP contribution >= 0.6 is 0 Å². The third-order valence-electron chi connectivity index (χ3n) is 6.59. The summed E-state index contributed by atoms with van der Waals surface area (Å²) in [7, 11) is 0. The lowest BCUT2D eigenvalue weighted by Gasteiger charge is -2.40. The predicted octanol–water partition coefficient (Wildman–Crippen LogP) is 2.50. The molecule has 4 rings (SSSR count). The number of benzene rings is 1. The van der Waals surface area contributed by atoms with Crippen molar-refractivity contribution >= 4 is 5.91 Å². The van der Waals surface area contributed by atoms with Crippen molar-refractivity contribution in [3.05, 3.63) is 35.9 Å². The van der Waals surface area contributed by atoms with E-state index in [0.717, 1.165) is 58.7 Å². The van der Waals surface area contributed by atoms with Crippen molar-refractivity contribution in [1.29, 1.82) is 0 Å². The summed E-state index contributed by atoms with van der Waals surface area (Å²) in [5.74, 6) is 1.01. The van der Waals surface area contributed by atoms with Crippen molar-refractivity contribution in [2.45, 2.75) is 38.6 Å². The van der Waals surface area contributed by atoms with Crippen molar-refractivity contribution in [3.8, 4) is 0 Å². The number of amides is 1. The van der Waals surface area contributed by atoms with Crippen molar-refractivity contribution < 1.29 is 4.79 Å². The number of rotatable bonds is 3. The second-order valence-corrected chi connectivity index (χ2v) is 8.14. The van der Waals surface area contributed by atoms with Crippen LogP contribution in [-0.4, -0.2) is 55.0 Å². The van der Waals surface area contributed by atoms with Gasteiger partial charge in [0.05, 0.1) is 5.41 Å². The van der Waals surface area contributed by atoms with Crippen molar-refractivity contribution in [1.82, 2.24) is 15.1 Å². The third-order valence-corrected chi connectivity index (χ3v) is 6.59. The summed E-state index contributed by atoms with van der Waals surface area (Å²) in [6.07, 6.45) is 5.93. The highest BCUT2D eigenvalue weighted by atomic mass is 16.2. The van der Waals surface area contributed by atoms with Gasteiger partial charge in [-0.1, -0.05) is 43.2 Å². The normalized spacial score (nSPS) is 30.7. The van der Waals surface area contributed by atoms with E-state index in [1.54, 1.807) is 0 Å². The zero-order chi connectivity index (χ0) is 17.1. The second-order valence-electron chi connectivity index (χ2n) is 8.14. The van der Waals surface area contributed by atoms with Gasteiger partial charge in [0.15, 0.2) is 0 Å². The van der Waals surface area contributed by atoms with E-state index >= 15 is 0 Å². The van der Waals surface area contributed by atoms with E-state index in [1.807, 2.05) is 0 Å². The minimum atomic E-state index is -0.0904. The number of nitrogens with zero attached hydrogens (tertiary/aromatic N) is 2. The Bertz CT molecular complexity index is 590. The van der Waals surface area contributed by atoms with Crippen LogP contribution in [0.3, 0.4) is 0 Å². The summed E-state index contributed by atoms with van der Waals surface area (Å²) >= 11 is 0. The lowest BCUT2D eigenvalue weighted by atomic mass is 9.67. The molecule has 0 aromatic heterocycles. The highest BCUT2D eigenvalue weighted by molar-refractivity contribution is 5.84. The standard InChI is InChI=1S/C21H31N3O/c25-20(21-10-5-4-9-19(21)15-22-17-21)24-12-6-11-23(13-14-24)16-18-7-2-1-3-8-18/h1-3,7-8,19,22H,4-6,9-17H2/t19-,21+/m0/s1. The summed E-state index contributed by atoms with van der Waals surface area (Å²) in [6, 6.07) is 10.7. The average Bonchev–Trinajstić information content (AvgIpc) is 2.97. The molecule has 1 saturated carbocycles. The first kappa shape index (κ1) is 17.0. The number of nitrogens with one attached hydrogen (secondary N) is 1. The predicted molar refractivity (Wildman–Crippen MR) is 100 cm³/mol. The van der Waals surface area contributed by atoms with E-state index in [-0.39, 0.29) is 5.41 Å². The Labute approximate surface area is 151 Å². The first-order chi connectivity index (χ1) is 12.3. The summed E-state index contributed by atoms with van der Waals surface area (Å²) < 4.78 is 0. The molecule has 1 aromatic rings. The molecule has 1 amide bonds. The molecule has 0 radical (unpaired) electrons. The maximum absolute atomic E-state index is 13.4. The van der Waals surface area contributed by atoms with Crippen molar-refractivity contribution in [2.24, 2.45) is 11.3 Å². The van der Waals surface area contributed by atoms with Gasteiger partial charge in [0.2, 0.25) is 5.91 Å². The highest BCUT2D eigenvalue weighted by Gasteiger charge is 2.51. The Morgan fingerprint density at radius 1 is 1.08 bits per heavy atom. The zero-order valence-corrected chi connectivity index (χ0v) is 15.3. The summed E-state index contributed by atoms with van der Waals surface area (Å²) in [6.45, 7) is 6.85. The lowest BCUT2D eigenvalue weighted by Crippen LogP contribution is -2.50. The van der Waals surface area contributed by atoms with Crippen LogP contribution < -0.4 is 5.32 Å². The molecule has 1 aromatic carbocycles. The molecular formula is C21H31N3O. The molecule has 4 nitrogen and oxygen atoms in total. The fraction of sp³-hybridized carbons (Fsp3) is 0.667. The third kappa shape index (κ3) is 3.47. The number of carbonyl (C=O) groups excluding carboxylic acids is 1.